The molecule has 1 aliphatic carbocycles. The molecule has 3 unspecified atom stereocenters. The highest BCUT2D eigenvalue weighted by atomic mass is 16.6. The molecule has 0 saturated carbocycles. The number of hydrogen-bond donors (Lipinski definition) is 0. The van der Waals surface area contributed by atoms with Crippen molar-refractivity contribution in [3.8, 4) is 5.75 Å². The molecule has 4 aromatic carbocycles. The molecule has 5 rings (SSSR count). The second kappa shape index (κ2) is 15.0. The molecule has 4 aromatic rings. The van der Waals surface area contributed by atoms with Crippen LogP contribution in [0, 0.1) is 6.92 Å². The van der Waals surface area contributed by atoms with Crippen LogP contribution in [0.25, 0.3) is 12.2 Å². The van der Waals surface area contributed by atoms with Gasteiger partial charge in [0.15, 0.2) is 6.10 Å². The first-order chi connectivity index (χ1) is 21.5. The number of esters is 1. The lowest BCUT2D eigenvalue weighted by Gasteiger charge is -2.23. The third kappa shape index (κ3) is 7.65. The molecule has 5 heteroatoms. The first-order valence-corrected chi connectivity index (χ1v) is 15.6. The van der Waals surface area contributed by atoms with Crippen molar-refractivity contribution in [1.29, 1.82) is 0 Å². The van der Waals surface area contributed by atoms with Gasteiger partial charge in [-0.15, -0.1) is 0 Å². The molecule has 5 nitrogen and oxygen atoms in total. The van der Waals surface area contributed by atoms with E-state index >= 15 is 0 Å². The second-order valence-electron chi connectivity index (χ2n) is 11.1. The van der Waals surface area contributed by atoms with Gasteiger partial charge in [-0.3, -0.25) is 0 Å². The lowest BCUT2D eigenvalue weighted by molar-refractivity contribution is -0.156. The summed E-state index contributed by atoms with van der Waals surface area (Å²) in [6.45, 7) is 9.66. The molecule has 44 heavy (non-hydrogen) atoms. The van der Waals surface area contributed by atoms with E-state index in [1.54, 1.807) is 6.92 Å². The van der Waals surface area contributed by atoms with E-state index in [-0.39, 0.29) is 18.0 Å². The van der Waals surface area contributed by atoms with Gasteiger partial charge < -0.3 is 18.9 Å². The summed E-state index contributed by atoms with van der Waals surface area (Å²) in [6, 6.07) is 31.7. The Morgan fingerprint density at radius 1 is 0.773 bits per heavy atom. The minimum absolute atomic E-state index is 0.207. The lowest BCUT2D eigenvalue weighted by Crippen LogP contribution is -2.28. The average molecular weight is 591 g/mol. The van der Waals surface area contributed by atoms with Gasteiger partial charge in [0, 0.05) is 18.9 Å². The Balaban J connectivity index is 1.26. The molecule has 0 aliphatic heterocycles. The number of aryl methyl sites for hydroxylation is 1. The quantitative estimate of drug-likeness (QED) is 0.116. The van der Waals surface area contributed by atoms with E-state index < -0.39 is 6.10 Å². The third-order valence-corrected chi connectivity index (χ3v) is 8.06. The zero-order chi connectivity index (χ0) is 30.9. The summed E-state index contributed by atoms with van der Waals surface area (Å²) in [7, 11) is 0. The monoisotopic (exact) mass is 590 g/mol. The fourth-order valence-electron chi connectivity index (χ4n) is 5.69. The first-order valence-electron chi connectivity index (χ1n) is 15.6. The predicted octanol–water partition coefficient (Wildman–Crippen LogP) is 8.33. The highest BCUT2D eigenvalue weighted by Gasteiger charge is 2.24. The summed E-state index contributed by atoms with van der Waals surface area (Å²) in [5, 5.41) is 0. The smallest absolute Gasteiger partial charge is 0.335 e. The van der Waals surface area contributed by atoms with Crippen LogP contribution in [0.2, 0.25) is 0 Å². The highest BCUT2D eigenvalue weighted by molar-refractivity contribution is 5.77. The van der Waals surface area contributed by atoms with E-state index in [0.29, 0.717) is 32.8 Å². The highest BCUT2D eigenvalue weighted by Crippen LogP contribution is 2.38. The van der Waals surface area contributed by atoms with Crippen molar-refractivity contribution in [3.05, 3.63) is 136 Å². The molecule has 0 radical (unpaired) electrons. The molecule has 0 N–H and O–H groups in total. The SMILES string of the molecule is CCOC(=O)C(Cc1ccc(OCCOC2c3ccc(C)cc3C=Cc3cc(C(C)c4ccccc4)ccc32)cc1)OCC. The van der Waals surface area contributed by atoms with Crippen molar-refractivity contribution in [1.82, 2.24) is 0 Å². The number of hydrogen-bond acceptors (Lipinski definition) is 5. The summed E-state index contributed by atoms with van der Waals surface area (Å²) in [5.74, 6) is 0.706. The zero-order valence-electron chi connectivity index (χ0n) is 26.1. The van der Waals surface area contributed by atoms with E-state index in [1.165, 1.54) is 27.8 Å². The van der Waals surface area contributed by atoms with Gasteiger partial charge >= 0.3 is 5.97 Å². The number of carbonyl (C=O) groups excluding carboxylic acids is 1. The molecule has 1 aliphatic rings. The van der Waals surface area contributed by atoms with Gasteiger partial charge in [-0.05, 0) is 71.8 Å². The van der Waals surface area contributed by atoms with Gasteiger partial charge in [0.05, 0.1) is 13.2 Å². The van der Waals surface area contributed by atoms with Crippen LogP contribution in [0.5, 0.6) is 5.75 Å². The van der Waals surface area contributed by atoms with Gasteiger partial charge in [-0.25, -0.2) is 4.79 Å². The van der Waals surface area contributed by atoms with Crippen LogP contribution >= 0.6 is 0 Å². The minimum Gasteiger partial charge on any atom is -0.491 e. The molecule has 228 valence electrons. The van der Waals surface area contributed by atoms with E-state index in [2.05, 4.69) is 92.7 Å². The molecule has 3 atom stereocenters. The van der Waals surface area contributed by atoms with Crippen molar-refractivity contribution < 1.29 is 23.7 Å². The molecule has 0 aromatic heterocycles. The van der Waals surface area contributed by atoms with Crippen LogP contribution in [-0.4, -0.2) is 38.5 Å². The van der Waals surface area contributed by atoms with Crippen LogP contribution < -0.4 is 4.74 Å². The lowest BCUT2D eigenvalue weighted by atomic mass is 9.89. The summed E-state index contributed by atoms with van der Waals surface area (Å²) in [5.41, 5.74) is 9.44. The topological polar surface area (TPSA) is 54.0 Å². The van der Waals surface area contributed by atoms with Crippen molar-refractivity contribution in [2.75, 3.05) is 26.4 Å². The van der Waals surface area contributed by atoms with Crippen LogP contribution in [0.3, 0.4) is 0 Å². The zero-order valence-corrected chi connectivity index (χ0v) is 26.1. The number of carbonyl (C=O) groups is 1. The summed E-state index contributed by atoms with van der Waals surface area (Å²) >= 11 is 0. The number of benzene rings is 4. The van der Waals surface area contributed by atoms with Crippen LogP contribution in [0.4, 0.5) is 0 Å². The van der Waals surface area contributed by atoms with Crippen molar-refractivity contribution in [3.63, 3.8) is 0 Å². The Bertz CT molecular complexity index is 1560. The van der Waals surface area contributed by atoms with Gasteiger partial charge in [-0.2, -0.15) is 0 Å². The van der Waals surface area contributed by atoms with Gasteiger partial charge in [0.1, 0.15) is 18.5 Å². The fraction of sp³-hybridized carbons (Fsp3) is 0.308. The van der Waals surface area contributed by atoms with E-state index in [0.717, 1.165) is 22.4 Å². The molecule has 0 saturated heterocycles. The first kappa shape index (κ1) is 31.2. The Labute approximate surface area is 261 Å². The van der Waals surface area contributed by atoms with E-state index in [9.17, 15) is 4.79 Å². The molecule has 0 bridgehead atoms. The van der Waals surface area contributed by atoms with Gasteiger partial charge in [0.25, 0.3) is 0 Å². The molecule has 0 heterocycles. The molecule has 0 amide bonds. The van der Waals surface area contributed by atoms with E-state index in [1.807, 2.05) is 31.2 Å². The number of rotatable bonds is 13. The number of ether oxygens (including phenoxy) is 4. The van der Waals surface area contributed by atoms with Gasteiger partial charge in [0.2, 0.25) is 0 Å². The second-order valence-corrected chi connectivity index (χ2v) is 11.1. The van der Waals surface area contributed by atoms with Crippen LogP contribution in [0.15, 0.2) is 91.0 Å². The molecular weight excluding hydrogens is 548 g/mol. The normalized spacial score (nSPS) is 15.0. The van der Waals surface area contributed by atoms with Gasteiger partial charge in [-0.1, -0.05) is 104 Å². The fourth-order valence-corrected chi connectivity index (χ4v) is 5.69. The van der Waals surface area contributed by atoms with Crippen LogP contribution in [0.1, 0.15) is 77.3 Å². The maximum absolute atomic E-state index is 12.2. The summed E-state index contributed by atoms with van der Waals surface area (Å²) in [4.78, 5) is 12.2. The summed E-state index contributed by atoms with van der Waals surface area (Å²) in [6.07, 6.45) is 4.06. The van der Waals surface area contributed by atoms with E-state index in [4.69, 9.17) is 18.9 Å². The minimum atomic E-state index is -0.610. The summed E-state index contributed by atoms with van der Waals surface area (Å²) < 4.78 is 23.4. The predicted molar refractivity (Wildman–Crippen MR) is 176 cm³/mol. The number of fused-ring (bicyclic) bond motifs is 2. The van der Waals surface area contributed by atoms with Crippen molar-refractivity contribution in [2.24, 2.45) is 0 Å². The Hall–Kier alpha value is -4.19. The van der Waals surface area contributed by atoms with Crippen LogP contribution in [-0.2, 0) is 25.4 Å². The maximum atomic E-state index is 12.2. The molecule has 0 spiro atoms. The molecular formula is C39H42O5. The standard InChI is InChI=1S/C39H42O5/c1-5-41-37(39(40)42-6-2)25-29-13-18-34(19-14-29)43-22-23-44-38-35-20-12-27(3)24-32(35)15-16-33-26-31(17-21-36(33)38)28(4)30-10-8-7-9-11-30/h7-21,24,26,28,37-38H,5-6,22-23,25H2,1-4H3. The maximum Gasteiger partial charge on any atom is 0.335 e. The average Bonchev–Trinajstić information content (AvgIpc) is 3.19. The Morgan fingerprint density at radius 3 is 2.18 bits per heavy atom. The largest absolute Gasteiger partial charge is 0.491 e. The third-order valence-electron chi connectivity index (χ3n) is 8.06. The molecule has 0 fully saturated rings. The Morgan fingerprint density at radius 2 is 1.48 bits per heavy atom. The van der Waals surface area contributed by atoms with Crippen molar-refractivity contribution >= 4 is 18.1 Å². The van der Waals surface area contributed by atoms with Crippen molar-refractivity contribution in [2.45, 2.75) is 52.2 Å². The Kier molecular flexibility index (Phi) is 10.7.